The van der Waals surface area contributed by atoms with Crippen LogP contribution in [-0.2, 0) is 4.79 Å². The number of carbonyl (C=O) groups is 1. The summed E-state index contributed by atoms with van der Waals surface area (Å²) in [5.74, 6) is 0.177. The Kier molecular flexibility index (Phi) is 2.46. The number of amides is 1. The van der Waals surface area contributed by atoms with Crippen LogP contribution in [0.25, 0.3) is 0 Å². The van der Waals surface area contributed by atoms with Crippen LogP contribution in [0.5, 0.6) is 0 Å². The predicted octanol–water partition coefficient (Wildman–Crippen LogP) is 2.16. The normalized spacial score (nSPS) is 16.4. The number of rotatable bonds is 1. The molecule has 1 aromatic carbocycles. The van der Waals surface area contributed by atoms with E-state index >= 15 is 0 Å². The highest BCUT2D eigenvalue weighted by Gasteiger charge is 2.23. The molecule has 1 saturated heterocycles. The molecule has 2 N–H and O–H groups in total. The first-order valence-electron chi connectivity index (χ1n) is 4.54. The lowest BCUT2D eigenvalue weighted by molar-refractivity contribution is -0.117. The summed E-state index contributed by atoms with van der Waals surface area (Å²) in [5.41, 5.74) is 7.25. The minimum Gasteiger partial charge on any atom is -0.399 e. The third-order valence-electron chi connectivity index (χ3n) is 2.33. The van der Waals surface area contributed by atoms with Crippen molar-refractivity contribution >= 4 is 33.2 Å². The summed E-state index contributed by atoms with van der Waals surface area (Å²) in [6.07, 6.45) is 1.57. The summed E-state index contributed by atoms with van der Waals surface area (Å²) >= 11 is 3.42. The number of nitrogens with two attached hydrogens (primary N) is 1. The average molecular weight is 255 g/mol. The van der Waals surface area contributed by atoms with Crippen molar-refractivity contribution in [3.05, 3.63) is 22.7 Å². The fraction of sp³-hybridized carbons (Fsp3) is 0.300. The van der Waals surface area contributed by atoms with Gasteiger partial charge in [0.1, 0.15) is 0 Å². The third kappa shape index (κ3) is 1.62. The van der Waals surface area contributed by atoms with Crippen LogP contribution in [0.2, 0.25) is 0 Å². The summed E-state index contributed by atoms with van der Waals surface area (Å²) < 4.78 is 0.918. The van der Waals surface area contributed by atoms with E-state index in [9.17, 15) is 4.79 Å². The molecule has 1 aliphatic heterocycles. The first kappa shape index (κ1) is 9.52. The largest absolute Gasteiger partial charge is 0.399 e. The predicted molar refractivity (Wildman–Crippen MR) is 60.1 cm³/mol. The molecule has 0 unspecified atom stereocenters. The summed E-state index contributed by atoms with van der Waals surface area (Å²) in [4.78, 5) is 13.3. The quantitative estimate of drug-likeness (QED) is 0.781. The summed E-state index contributed by atoms with van der Waals surface area (Å²) in [6, 6.07) is 5.51. The first-order valence-corrected chi connectivity index (χ1v) is 5.33. The molecule has 0 spiro atoms. The Morgan fingerprint density at radius 1 is 1.43 bits per heavy atom. The van der Waals surface area contributed by atoms with E-state index in [0.717, 1.165) is 23.1 Å². The monoisotopic (exact) mass is 254 g/mol. The lowest BCUT2D eigenvalue weighted by Gasteiger charge is -2.17. The lowest BCUT2D eigenvalue weighted by Crippen LogP contribution is -2.24. The number of anilines is 2. The van der Waals surface area contributed by atoms with Gasteiger partial charge in [-0.15, -0.1) is 0 Å². The molecule has 0 aliphatic carbocycles. The number of benzene rings is 1. The van der Waals surface area contributed by atoms with Gasteiger partial charge in [0, 0.05) is 23.1 Å². The van der Waals surface area contributed by atoms with Gasteiger partial charge in [-0.25, -0.2) is 0 Å². The van der Waals surface area contributed by atoms with Crippen molar-refractivity contribution in [1.29, 1.82) is 0 Å². The molecule has 0 atom stereocenters. The maximum atomic E-state index is 11.5. The van der Waals surface area contributed by atoms with Crippen LogP contribution in [0.3, 0.4) is 0 Å². The van der Waals surface area contributed by atoms with E-state index in [1.807, 2.05) is 18.2 Å². The van der Waals surface area contributed by atoms with Crippen LogP contribution in [-0.4, -0.2) is 12.5 Å². The van der Waals surface area contributed by atoms with Gasteiger partial charge in [-0.3, -0.25) is 4.79 Å². The van der Waals surface area contributed by atoms with Gasteiger partial charge < -0.3 is 10.6 Å². The number of halogens is 1. The molecule has 3 nitrogen and oxygen atoms in total. The summed E-state index contributed by atoms with van der Waals surface area (Å²) in [6.45, 7) is 0.793. The number of carbonyl (C=O) groups excluding carboxylic acids is 1. The van der Waals surface area contributed by atoms with Gasteiger partial charge in [0.05, 0.1) is 5.69 Å². The van der Waals surface area contributed by atoms with Crippen molar-refractivity contribution in [1.82, 2.24) is 0 Å². The highest BCUT2D eigenvalue weighted by molar-refractivity contribution is 9.10. The van der Waals surface area contributed by atoms with Crippen molar-refractivity contribution < 1.29 is 4.79 Å². The van der Waals surface area contributed by atoms with Crippen molar-refractivity contribution in [2.75, 3.05) is 17.2 Å². The molecule has 4 heteroatoms. The van der Waals surface area contributed by atoms with Crippen LogP contribution in [0.1, 0.15) is 12.8 Å². The Labute approximate surface area is 91.0 Å². The van der Waals surface area contributed by atoms with E-state index < -0.39 is 0 Å². The molecule has 1 amide bonds. The maximum absolute atomic E-state index is 11.5. The molecule has 0 aromatic heterocycles. The summed E-state index contributed by atoms with van der Waals surface area (Å²) in [7, 11) is 0. The van der Waals surface area contributed by atoms with Crippen LogP contribution >= 0.6 is 15.9 Å². The van der Waals surface area contributed by atoms with Gasteiger partial charge in [0.2, 0.25) is 5.91 Å². The smallest absolute Gasteiger partial charge is 0.227 e. The van der Waals surface area contributed by atoms with E-state index in [1.165, 1.54) is 0 Å². The molecule has 1 heterocycles. The molecule has 0 saturated carbocycles. The third-order valence-corrected chi connectivity index (χ3v) is 3.00. The molecular formula is C10H11BrN2O. The zero-order chi connectivity index (χ0) is 10.1. The zero-order valence-electron chi connectivity index (χ0n) is 7.66. The fourth-order valence-electron chi connectivity index (χ4n) is 1.64. The topological polar surface area (TPSA) is 46.3 Å². The molecule has 0 bridgehead atoms. The average Bonchev–Trinajstić information content (AvgIpc) is 2.56. The molecule has 14 heavy (non-hydrogen) atoms. The second-order valence-electron chi connectivity index (χ2n) is 3.36. The van der Waals surface area contributed by atoms with Crippen LogP contribution in [0.4, 0.5) is 11.4 Å². The molecule has 74 valence electrons. The van der Waals surface area contributed by atoms with Crippen molar-refractivity contribution in [2.24, 2.45) is 0 Å². The molecule has 1 aliphatic rings. The molecule has 2 rings (SSSR count). The van der Waals surface area contributed by atoms with Gasteiger partial charge in [0.25, 0.3) is 0 Å². The zero-order valence-corrected chi connectivity index (χ0v) is 9.25. The minimum atomic E-state index is 0.177. The van der Waals surface area contributed by atoms with E-state index in [-0.39, 0.29) is 5.91 Å². The lowest BCUT2D eigenvalue weighted by atomic mass is 10.2. The Bertz CT molecular complexity index is 378. The van der Waals surface area contributed by atoms with Crippen molar-refractivity contribution in [3.63, 3.8) is 0 Å². The van der Waals surface area contributed by atoms with Crippen LogP contribution < -0.4 is 10.6 Å². The number of hydrogen-bond donors (Lipinski definition) is 1. The SMILES string of the molecule is Nc1ccc(Br)c(N2CCCC2=O)c1. The van der Waals surface area contributed by atoms with E-state index in [1.54, 1.807) is 4.90 Å². The Morgan fingerprint density at radius 3 is 2.86 bits per heavy atom. The van der Waals surface area contributed by atoms with Gasteiger partial charge in [-0.1, -0.05) is 0 Å². The van der Waals surface area contributed by atoms with Crippen molar-refractivity contribution in [2.45, 2.75) is 12.8 Å². The number of hydrogen-bond acceptors (Lipinski definition) is 2. The second kappa shape index (κ2) is 3.61. The Morgan fingerprint density at radius 2 is 2.21 bits per heavy atom. The van der Waals surface area contributed by atoms with E-state index in [0.29, 0.717) is 12.1 Å². The van der Waals surface area contributed by atoms with Crippen LogP contribution in [0, 0.1) is 0 Å². The van der Waals surface area contributed by atoms with Crippen molar-refractivity contribution in [3.8, 4) is 0 Å². The van der Waals surface area contributed by atoms with E-state index in [4.69, 9.17) is 5.73 Å². The maximum Gasteiger partial charge on any atom is 0.227 e. The fourth-order valence-corrected chi connectivity index (χ4v) is 2.10. The van der Waals surface area contributed by atoms with E-state index in [2.05, 4.69) is 15.9 Å². The minimum absolute atomic E-state index is 0.177. The summed E-state index contributed by atoms with van der Waals surface area (Å²) in [5, 5.41) is 0. The highest BCUT2D eigenvalue weighted by atomic mass is 79.9. The Hall–Kier alpha value is -1.03. The molecule has 0 radical (unpaired) electrons. The Balaban J connectivity index is 2.39. The first-order chi connectivity index (χ1) is 6.68. The number of nitrogen functional groups attached to an aromatic ring is 1. The standard InChI is InChI=1S/C10H11BrN2O/c11-8-4-3-7(12)6-9(8)13-5-1-2-10(13)14/h3-4,6H,1-2,5,12H2. The van der Waals surface area contributed by atoms with Gasteiger partial charge in [-0.2, -0.15) is 0 Å². The second-order valence-corrected chi connectivity index (χ2v) is 4.21. The van der Waals surface area contributed by atoms with Crippen LogP contribution in [0.15, 0.2) is 22.7 Å². The molecule has 1 aromatic rings. The highest BCUT2D eigenvalue weighted by Crippen LogP contribution is 2.31. The van der Waals surface area contributed by atoms with Gasteiger partial charge >= 0.3 is 0 Å². The number of nitrogens with zero attached hydrogens (tertiary/aromatic N) is 1. The van der Waals surface area contributed by atoms with Gasteiger partial charge in [-0.05, 0) is 40.5 Å². The molecule has 1 fully saturated rings. The molecular weight excluding hydrogens is 244 g/mol. The van der Waals surface area contributed by atoms with Gasteiger partial charge in [0.15, 0.2) is 0 Å².